The van der Waals surface area contributed by atoms with Crippen molar-refractivity contribution >= 4 is 11.9 Å². The molecule has 0 aromatic heterocycles. The third-order valence-corrected chi connectivity index (χ3v) is 6.35. The smallest absolute Gasteiger partial charge is 0.303 e. The summed E-state index contributed by atoms with van der Waals surface area (Å²) in [5.41, 5.74) is 1.27. The Balaban J connectivity index is 1.80. The lowest BCUT2D eigenvalue weighted by molar-refractivity contribution is -0.143. The molecule has 0 spiro atoms. The summed E-state index contributed by atoms with van der Waals surface area (Å²) in [4.78, 5) is 25.9. The molecule has 0 bridgehead atoms. The number of aliphatic carboxylic acids is 1. The molecule has 4 nitrogen and oxygen atoms in total. The van der Waals surface area contributed by atoms with Crippen molar-refractivity contribution in [2.75, 3.05) is 0 Å². The van der Waals surface area contributed by atoms with Crippen LogP contribution in [-0.4, -0.2) is 34.0 Å². The quantitative estimate of drug-likeness (QED) is 0.872. The van der Waals surface area contributed by atoms with Gasteiger partial charge in [0.15, 0.2) is 0 Å². The Labute approximate surface area is 130 Å². The third-order valence-electron chi connectivity index (χ3n) is 6.35. The Hall–Kier alpha value is -1.58. The van der Waals surface area contributed by atoms with Crippen LogP contribution in [0.4, 0.5) is 0 Å². The first-order valence-electron chi connectivity index (χ1n) is 8.54. The molecule has 2 aliphatic carbocycles. The number of rotatable bonds is 3. The van der Waals surface area contributed by atoms with E-state index in [1.165, 1.54) is 12.0 Å². The van der Waals surface area contributed by atoms with Gasteiger partial charge in [-0.3, -0.25) is 9.59 Å². The highest BCUT2D eigenvalue weighted by Gasteiger charge is 2.61. The average Bonchev–Trinajstić information content (AvgIpc) is 2.82. The number of carbonyl (C=O) groups is 2. The van der Waals surface area contributed by atoms with Crippen LogP contribution in [0.25, 0.3) is 0 Å². The molecule has 4 atom stereocenters. The predicted molar refractivity (Wildman–Crippen MR) is 82.1 cm³/mol. The topological polar surface area (TPSA) is 57.6 Å². The summed E-state index contributed by atoms with van der Waals surface area (Å²) in [6.45, 7) is 0. The van der Waals surface area contributed by atoms with Gasteiger partial charge in [-0.25, -0.2) is 0 Å². The molecule has 1 amide bonds. The van der Waals surface area contributed by atoms with E-state index >= 15 is 0 Å². The second-order valence-electron chi connectivity index (χ2n) is 7.29. The standard InChI is InChI=1S/C18H23NO3/c20-15-8-7-12-4-3-10-18(11-9-16(21)22)13-5-1-2-6-14(13)19(15)17(12)18/h1-2,5,12,14,17H,3-4,6-11H2,(H,21,22). The average molecular weight is 301 g/mol. The van der Waals surface area contributed by atoms with E-state index in [2.05, 4.69) is 23.1 Å². The van der Waals surface area contributed by atoms with Crippen LogP contribution in [0.1, 0.15) is 51.4 Å². The first kappa shape index (κ1) is 14.0. The van der Waals surface area contributed by atoms with Crippen LogP contribution < -0.4 is 0 Å². The van der Waals surface area contributed by atoms with Crippen molar-refractivity contribution in [1.82, 2.24) is 4.90 Å². The molecule has 2 saturated heterocycles. The first-order valence-corrected chi connectivity index (χ1v) is 8.54. The number of carboxylic acids is 1. The van der Waals surface area contributed by atoms with Crippen molar-refractivity contribution in [3.05, 3.63) is 23.8 Å². The molecule has 4 unspecified atom stereocenters. The van der Waals surface area contributed by atoms with E-state index in [-0.39, 0.29) is 29.8 Å². The largest absolute Gasteiger partial charge is 0.481 e. The normalized spacial score (nSPS) is 39.3. The number of carboxylic acid groups (broad SMARTS) is 1. The zero-order valence-corrected chi connectivity index (χ0v) is 12.8. The van der Waals surface area contributed by atoms with Crippen LogP contribution in [0.3, 0.4) is 0 Å². The molecule has 1 saturated carbocycles. The summed E-state index contributed by atoms with van der Waals surface area (Å²) in [6, 6.07) is 0.440. The summed E-state index contributed by atoms with van der Waals surface area (Å²) in [5, 5.41) is 9.20. The highest BCUT2D eigenvalue weighted by atomic mass is 16.4. The Morgan fingerprint density at radius 3 is 3.09 bits per heavy atom. The molecule has 118 valence electrons. The van der Waals surface area contributed by atoms with Gasteiger partial charge < -0.3 is 10.0 Å². The van der Waals surface area contributed by atoms with Crippen molar-refractivity contribution in [1.29, 1.82) is 0 Å². The Morgan fingerprint density at radius 1 is 1.41 bits per heavy atom. The lowest BCUT2D eigenvalue weighted by Crippen LogP contribution is -2.54. The summed E-state index contributed by atoms with van der Waals surface area (Å²) in [5.74, 6) is 0.124. The second-order valence-corrected chi connectivity index (χ2v) is 7.29. The SMILES string of the molecule is O=C(O)CCC12CCCC3CCC(=O)N(C4CC=CC=C41)C32. The monoisotopic (exact) mass is 301 g/mol. The molecular formula is C18H23NO3. The fraction of sp³-hybridized carbons (Fsp3) is 0.667. The number of fused-ring (bicyclic) bond motifs is 3. The summed E-state index contributed by atoms with van der Waals surface area (Å²) >= 11 is 0. The number of allylic oxidation sites excluding steroid dienone is 2. The number of amides is 1. The maximum Gasteiger partial charge on any atom is 0.303 e. The molecule has 1 N–H and O–H groups in total. The third kappa shape index (κ3) is 1.82. The number of carbonyl (C=O) groups excluding carboxylic acids is 1. The van der Waals surface area contributed by atoms with E-state index in [1.807, 2.05) is 0 Å². The molecule has 2 heterocycles. The van der Waals surface area contributed by atoms with E-state index < -0.39 is 5.97 Å². The maximum atomic E-state index is 12.6. The van der Waals surface area contributed by atoms with Crippen LogP contribution in [0, 0.1) is 11.3 Å². The lowest BCUT2D eigenvalue weighted by Gasteiger charge is -2.49. The van der Waals surface area contributed by atoms with Crippen LogP contribution in [-0.2, 0) is 9.59 Å². The Morgan fingerprint density at radius 2 is 2.27 bits per heavy atom. The molecule has 22 heavy (non-hydrogen) atoms. The fourth-order valence-electron chi connectivity index (χ4n) is 5.63. The molecule has 4 rings (SSSR count). The van der Waals surface area contributed by atoms with E-state index in [9.17, 15) is 14.7 Å². The Kier molecular flexibility index (Phi) is 3.17. The van der Waals surface area contributed by atoms with Gasteiger partial charge in [0.1, 0.15) is 0 Å². The lowest BCUT2D eigenvalue weighted by atomic mass is 9.60. The highest BCUT2D eigenvalue weighted by molar-refractivity contribution is 5.80. The van der Waals surface area contributed by atoms with Crippen molar-refractivity contribution in [3.63, 3.8) is 0 Å². The summed E-state index contributed by atoms with van der Waals surface area (Å²) < 4.78 is 0. The zero-order valence-electron chi connectivity index (χ0n) is 12.8. The first-order chi connectivity index (χ1) is 10.6. The van der Waals surface area contributed by atoms with Crippen molar-refractivity contribution < 1.29 is 14.7 Å². The van der Waals surface area contributed by atoms with E-state index in [4.69, 9.17) is 0 Å². The van der Waals surface area contributed by atoms with Gasteiger partial charge in [0.2, 0.25) is 5.91 Å². The van der Waals surface area contributed by atoms with Gasteiger partial charge in [-0.1, -0.05) is 24.6 Å². The maximum absolute atomic E-state index is 12.6. The van der Waals surface area contributed by atoms with Crippen molar-refractivity contribution in [2.45, 2.75) is 63.5 Å². The summed E-state index contributed by atoms with van der Waals surface area (Å²) in [6.07, 6.45) is 13.3. The molecule has 0 aromatic carbocycles. The minimum Gasteiger partial charge on any atom is -0.481 e. The fourth-order valence-corrected chi connectivity index (χ4v) is 5.63. The van der Waals surface area contributed by atoms with Crippen LogP contribution in [0.2, 0.25) is 0 Å². The van der Waals surface area contributed by atoms with Gasteiger partial charge in [-0.2, -0.15) is 0 Å². The number of nitrogens with zero attached hydrogens (tertiary/aromatic N) is 1. The summed E-state index contributed by atoms with van der Waals surface area (Å²) in [7, 11) is 0. The van der Waals surface area contributed by atoms with Crippen LogP contribution in [0.15, 0.2) is 23.8 Å². The Bertz CT molecular complexity index is 579. The molecule has 2 aliphatic heterocycles. The minimum atomic E-state index is -0.722. The van der Waals surface area contributed by atoms with E-state index in [0.29, 0.717) is 18.8 Å². The molecule has 0 radical (unpaired) electrons. The van der Waals surface area contributed by atoms with E-state index in [0.717, 1.165) is 25.7 Å². The van der Waals surface area contributed by atoms with Gasteiger partial charge in [0.25, 0.3) is 0 Å². The highest BCUT2D eigenvalue weighted by Crippen LogP contribution is 2.60. The van der Waals surface area contributed by atoms with Gasteiger partial charge in [0, 0.05) is 24.3 Å². The molecule has 3 fully saturated rings. The molecule has 4 aliphatic rings. The van der Waals surface area contributed by atoms with Crippen LogP contribution in [0.5, 0.6) is 0 Å². The number of piperidine rings is 1. The number of hydrogen-bond acceptors (Lipinski definition) is 2. The second kappa shape index (κ2) is 4.97. The van der Waals surface area contributed by atoms with Gasteiger partial charge in [-0.15, -0.1) is 0 Å². The predicted octanol–water partition coefficient (Wildman–Crippen LogP) is 2.90. The molecular weight excluding hydrogens is 278 g/mol. The van der Waals surface area contributed by atoms with Crippen LogP contribution >= 0.6 is 0 Å². The minimum absolute atomic E-state index is 0.0766. The van der Waals surface area contributed by atoms with Crippen molar-refractivity contribution in [2.24, 2.45) is 11.3 Å². The van der Waals surface area contributed by atoms with E-state index in [1.54, 1.807) is 0 Å². The van der Waals surface area contributed by atoms with Gasteiger partial charge in [0.05, 0.1) is 6.04 Å². The van der Waals surface area contributed by atoms with Gasteiger partial charge >= 0.3 is 5.97 Å². The van der Waals surface area contributed by atoms with Gasteiger partial charge in [-0.05, 0) is 43.6 Å². The number of hydrogen-bond donors (Lipinski definition) is 1. The van der Waals surface area contributed by atoms with Crippen molar-refractivity contribution in [3.8, 4) is 0 Å². The molecule has 0 aromatic rings. The zero-order chi connectivity index (χ0) is 15.3. The molecule has 4 heteroatoms.